The lowest BCUT2D eigenvalue weighted by Crippen LogP contribution is -1.93. The first-order chi connectivity index (χ1) is 4.68. The largest absolute Gasteiger partial charge is 0.450 e. The van der Waals surface area contributed by atoms with Gasteiger partial charge in [-0.15, -0.1) is 0 Å². The lowest BCUT2D eigenvalue weighted by Gasteiger charge is -1.96. The molecule has 1 aromatic rings. The molecule has 1 aromatic heterocycles. The summed E-state index contributed by atoms with van der Waals surface area (Å²) in [5.74, 6) is 0.925. The first-order valence-corrected chi connectivity index (χ1v) is 4.36. The van der Waals surface area contributed by atoms with Crippen molar-refractivity contribution in [3.63, 3.8) is 0 Å². The summed E-state index contributed by atoms with van der Waals surface area (Å²) in [6.45, 7) is 2.07. The third kappa shape index (κ3) is 2.35. The summed E-state index contributed by atoms with van der Waals surface area (Å²) in [5, 5.41) is 0.461. The molecular formula is C7H8BrClO. The molecule has 0 saturated carbocycles. The van der Waals surface area contributed by atoms with Crippen LogP contribution < -0.4 is 0 Å². The van der Waals surface area contributed by atoms with E-state index in [4.69, 9.17) is 16.0 Å². The van der Waals surface area contributed by atoms with Crippen molar-refractivity contribution in [1.29, 1.82) is 0 Å². The highest BCUT2D eigenvalue weighted by Crippen LogP contribution is 2.16. The van der Waals surface area contributed by atoms with Crippen LogP contribution in [0.5, 0.6) is 0 Å². The normalized spacial score (nSPS) is 13.5. The van der Waals surface area contributed by atoms with E-state index in [0.29, 0.717) is 10.0 Å². The third-order valence-electron chi connectivity index (χ3n) is 1.11. The predicted molar refractivity (Wildman–Crippen MR) is 45.8 cm³/mol. The van der Waals surface area contributed by atoms with Gasteiger partial charge in [-0.05, 0) is 23.7 Å². The van der Waals surface area contributed by atoms with Crippen molar-refractivity contribution >= 4 is 27.5 Å². The van der Waals surface area contributed by atoms with Gasteiger partial charge in [-0.3, -0.25) is 0 Å². The average molecular weight is 223 g/mol. The van der Waals surface area contributed by atoms with Crippen LogP contribution in [0.25, 0.3) is 0 Å². The molecule has 1 nitrogen and oxygen atoms in total. The summed E-state index contributed by atoms with van der Waals surface area (Å²) >= 11 is 8.98. The van der Waals surface area contributed by atoms with Crippen molar-refractivity contribution in [2.75, 3.05) is 0 Å². The molecule has 1 heterocycles. The van der Waals surface area contributed by atoms with E-state index in [2.05, 4.69) is 22.9 Å². The van der Waals surface area contributed by atoms with Crippen LogP contribution in [-0.4, -0.2) is 4.83 Å². The molecule has 1 unspecified atom stereocenters. The quantitative estimate of drug-likeness (QED) is 0.702. The van der Waals surface area contributed by atoms with Crippen LogP contribution in [0.3, 0.4) is 0 Å². The first kappa shape index (κ1) is 8.15. The van der Waals surface area contributed by atoms with Crippen molar-refractivity contribution < 1.29 is 4.42 Å². The predicted octanol–water partition coefficient (Wildman–Crippen LogP) is 3.26. The fraction of sp³-hybridized carbons (Fsp3) is 0.429. The first-order valence-electron chi connectivity index (χ1n) is 3.07. The second kappa shape index (κ2) is 3.44. The number of hydrogen-bond acceptors (Lipinski definition) is 1. The Morgan fingerprint density at radius 3 is 2.80 bits per heavy atom. The van der Waals surface area contributed by atoms with E-state index in [1.54, 1.807) is 6.07 Å². The molecule has 0 saturated heterocycles. The van der Waals surface area contributed by atoms with E-state index in [0.717, 1.165) is 12.2 Å². The standard InChI is InChI=1S/C7H8BrClO/c1-5(8)4-6-2-3-7(9)10-6/h2-3,5H,4H2,1H3. The topological polar surface area (TPSA) is 13.1 Å². The molecule has 0 bridgehead atoms. The minimum atomic E-state index is 0.440. The molecule has 3 heteroatoms. The lowest BCUT2D eigenvalue weighted by molar-refractivity contribution is 0.511. The summed E-state index contributed by atoms with van der Waals surface area (Å²) in [6.07, 6.45) is 0.882. The van der Waals surface area contributed by atoms with Gasteiger partial charge in [0, 0.05) is 11.2 Å². The molecular weight excluding hydrogens is 215 g/mol. The van der Waals surface area contributed by atoms with E-state index in [1.165, 1.54) is 0 Å². The van der Waals surface area contributed by atoms with Crippen molar-refractivity contribution in [3.8, 4) is 0 Å². The van der Waals surface area contributed by atoms with Crippen LogP contribution in [0.2, 0.25) is 5.22 Å². The maximum atomic E-state index is 5.56. The van der Waals surface area contributed by atoms with Crippen LogP contribution >= 0.6 is 27.5 Å². The molecule has 0 aliphatic carbocycles. The highest BCUT2D eigenvalue weighted by molar-refractivity contribution is 9.09. The molecule has 1 atom stereocenters. The lowest BCUT2D eigenvalue weighted by atomic mass is 10.3. The maximum Gasteiger partial charge on any atom is 0.193 e. The Morgan fingerprint density at radius 2 is 2.40 bits per heavy atom. The summed E-state index contributed by atoms with van der Waals surface area (Å²) in [6, 6.07) is 3.65. The number of furan rings is 1. The molecule has 0 N–H and O–H groups in total. The number of rotatable bonds is 2. The van der Waals surface area contributed by atoms with E-state index in [1.807, 2.05) is 6.07 Å². The highest BCUT2D eigenvalue weighted by Gasteiger charge is 2.02. The zero-order valence-corrected chi connectivity index (χ0v) is 7.95. The van der Waals surface area contributed by atoms with Gasteiger partial charge in [0.25, 0.3) is 0 Å². The smallest absolute Gasteiger partial charge is 0.193 e. The van der Waals surface area contributed by atoms with Gasteiger partial charge in [0.1, 0.15) is 5.76 Å². The van der Waals surface area contributed by atoms with E-state index < -0.39 is 0 Å². The third-order valence-corrected chi connectivity index (χ3v) is 1.64. The van der Waals surface area contributed by atoms with Gasteiger partial charge in [0.15, 0.2) is 5.22 Å². The van der Waals surface area contributed by atoms with Gasteiger partial charge in [-0.25, -0.2) is 0 Å². The number of alkyl halides is 1. The van der Waals surface area contributed by atoms with E-state index >= 15 is 0 Å². The van der Waals surface area contributed by atoms with Crippen molar-refractivity contribution in [3.05, 3.63) is 23.1 Å². The molecule has 0 aliphatic heterocycles. The van der Waals surface area contributed by atoms with Gasteiger partial charge in [0.05, 0.1) is 0 Å². The zero-order chi connectivity index (χ0) is 7.56. The summed E-state index contributed by atoms with van der Waals surface area (Å²) < 4.78 is 5.13. The minimum Gasteiger partial charge on any atom is -0.450 e. The van der Waals surface area contributed by atoms with Crippen LogP contribution in [0.15, 0.2) is 16.5 Å². The van der Waals surface area contributed by atoms with Gasteiger partial charge < -0.3 is 4.42 Å². The van der Waals surface area contributed by atoms with Gasteiger partial charge in [0.2, 0.25) is 0 Å². The van der Waals surface area contributed by atoms with E-state index in [-0.39, 0.29) is 0 Å². The minimum absolute atomic E-state index is 0.440. The molecule has 56 valence electrons. The Labute approximate surface area is 73.5 Å². The fourth-order valence-corrected chi connectivity index (χ4v) is 1.22. The maximum absolute atomic E-state index is 5.56. The Bertz CT molecular complexity index is 207. The van der Waals surface area contributed by atoms with Crippen molar-refractivity contribution in [1.82, 2.24) is 0 Å². The molecule has 1 rings (SSSR count). The average Bonchev–Trinajstić information content (AvgIpc) is 2.13. The Kier molecular flexibility index (Phi) is 2.81. The van der Waals surface area contributed by atoms with Crippen molar-refractivity contribution in [2.45, 2.75) is 18.2 Å². The summed E-state index contributed by atoms with van der Waals surface area (Å²) in [4.78, 5) is 0.440. The molecule has 0 spiro atoms. The van der Waals surface area contributed by atoms with Crippen LogP contribution in [0.1, 0.15) is 12.7 Å². The summed E-state index contributed by atoms with van der Waals surface area (Å²) in [5.41, 5.74) is 0. The van der Waals surface area contributed by atoms with Gasteiger partial charge >= 0.3 is 0 Å². The molecule has 0 radical (unpaired) electrons. The van der Waals surface area contributed by atoms with Crippen LogP contribution in [-0.2, 0) is 6.42 Å². The van der Waals surface area contributed by atoms with Crippen LogP contribution in [0, 0.1) is 0 Å². The molecule has 0 amide bonds. The SMILES string of the molecule is CC(Br)Cc1ccc(Cl)o1. The molecule has 0 aromatic carbocycles. The second-order valence-electron chi connectivity index (χ2n) is 2.19. The fourth-order valence-electron chi connectivity index (χ4n) is 0.739. The molecule has 0 aliphatic rings. The monoisotopic (exact) mass is 222 g/mol. The Balaban J connectivity index is 2.58. The van der Waals surface area contributed by atoms with Gasteiger partial charge in [-0.2, -0.15) is 0 Å². The second-order valence-corrected chi connectivity index (χ2v) is 4.13. The molecule has 10 heavy (non-hydrogen) atoms. The van der Waals surface area contributed by atoms with Crippen molar-refractivity contribution in [2.24, 2.45) is 0 Å². The highest BCUT2D eigenvalue weighted by atomic mass is 79.9. The zero-order valence-electron chi connectivity index (χ0n) is 5.60. The Hall–Kier alpha value is 0.0500. The number of hydrogen-bond donors (Lipinski definition) is 0. The van der Waals surface area contributed by atoms with Crippen LogP contribution in [0.4, 0.5) is 0 Å². The Morgan fingerprint density at radius 1 is 1.70 bits per heavy atom. The van der Waals surface area contributed by atoms with E-state index in [9.17, 15) is 0 Å². The number of halogens is 2. The van der Waals surface area contributed by atoms with Gasteiger partial charge in [-0.1, -0.05) is 22.9 Å². The summed E-state index contributed by atoms with van der Waals surface area (Å²) in [7, 11) is 0. The molecule has 0 fully saturated rings.